The molecule has 0 bridgehead atoms. The van der Waals surface area contributed by atoms with Crippen LogP contribution in [0.25, 0.3) is 0 Å². The van der Waals surface area contributed by atoms with Crippen LogP contribution in [0.15, 0.2) is 42.6 Å². The van der Waals surface area contributed by atoms with Crippen LogP contribution in [0.5, 0.6) is 5.75 Å². The molecule has 1 aliphatic rings. The van der Waals surface area contributed by atoms with Crippen molar-refractivity contribution in [3.8, 4) is 5.75 Å². The van der Waals surface area contributed by atoms with Crippen molar-refractivity contribution in [3.05, 3.63) is 53.3 Å². The summed E-state index contributed by atoms with van der Waals surface area (Å²) in [6.07, 6.45) is 1.63. The first-order chi connectivity index (χ1) is 9.22. The summed E-state index contributed by atoms with van der Waals surface area (Å²) in [7, 11) is 0. The number of benzene rings is 1. The Morgan fingerprint density at radius 1 is 1.37 bits per heavy atom. The summed E-state index contributed by atoms with van der Waals surface area (Å²) < 4.78 is 5.61. The number of para-hydroxylation sites is 1. The summed E-state index contributed by atoms with van der Waals surface area (Å²) in [5.74, 6) is 0.592. The zero-order valence-electron chi connectivity index (χ0n) is 9.97. The van der Waals surface area contributed by atoms with E-state index < -0.39 is 6.10 Å². The van der Waals surface area contributed by atoms with Gasteiger partial charge in [0.1, 0.15) is 10.9 Å². The van der Waals surface area contributed by atoms with E-state index in [0.29, 0.717) is 17.3 Å². The lowest BCUT2D eigenvalue weighted by Gasteiger charge is -2.11. The fraction of sp³-hybridized carbons (Fsp3) is 0.143. The molecule has 0 spiro atoms. The molecule has 1 aliphatic heterocycles. The second-order valence-electron chi connectivity index (χ2n) is 4.27. The number of anilines is 1. The molecule has 1 aromatic heterocycles. The van der Waals surface area contributed by atoms with E-state index in [1.54, 1.807) is 18.3 Å². The molecule has 2 aromatic rings. The first-order valence-corrected chi connectivity index (χ1v) is 6.27. The van der Waals surface area contributed by atoms with E-state index >= 15 is 0 Å². The Kier molecular flexibility index (Phi) is 3.09. The number of aromatic nitrogens is 1. The summed E-state index contributed by atoms with van der Waals surface area (Å²) >= 11 is 5.77. The number of amides is 1. The molecule has 0 saturated carbocycles. The highest BCUT2D eigenvalue weighted by Gasteiger charge is 2.28. The molecule has 1 N–H and O–H groups in total. The van der Waals surface area contributed by atoms with E-state index in [9.17, 15) is 4.79 Å². The molecule has 0 saturated heterocycles. The third-order valence-corrected chi connectivity index (χ3v) is 3.14. The molecular weight excluding hydrogens is 264 g/mol. The molecule has 96 valence electrons. The molecule has 2 heterocycles. The third kappa shape index (κ3) is 2.53. The number of hydrogen-bond acceptors (Lipinski definition) is 3. The van der Waals surface area contributed by atoms with Gasteiger partial charge in [0, 0.05) is 18.3 Å². The zero-order valence-corrected chi connectivity index (χ0v) is 10.7. The predicted octanol–water partition coefficient (Wildman–Crippen LogP) is 2.68. The molecule has 0 aliphatic carbocycles. The van der Waals surface area contributed by atoms with Crippen molar-refractivity contribution in [2.45, 2.75) is 12.5 Å². The Labute approximate surface area is 115 Å². The van der Waals surface area contributed by atoms with Crippen LogP contribution in [0, 0.1) is 0 Å². The lowest BCUT2D eigenvalue weighted by atomic mass is 10.1. The van der Waals surface area contributed by atoms with Gasteiger partial charge in [0.05, 0.1) is 0 Å². The number of rotatable bonds is 2. The minimum Gasteiger partial charge on any atom is -0.480 e. The number of nitrogens with zero attached hydrogens (tertiary/aromatic N) is 1. The fourth-order valence-electron chi connectivity index (χ4n) is 2.03. The average molecular weight is 275 g/mol. The van der Waals surface area contributed by atoms with Crippen molar-refractivity contribution in [3.63, 3.8) is 0 Å². The van der Waals surface area contributed by atoms with Crippen molar-refractivity contribution in [2.24, 2.45) is 0 Å². The van der Waals surface area contributed by atoms with E-state index in [-0.39, 0.29) is 5.91 Å². The van der Waals surface area contributed by atoms with Crippen molar-refractivity contribution in [1.29, 1.82) is 0 Å². The number of carbonyl (C=O) groups is 1. The molecule has 0 fully saturated rings. The zero-order chi connectivity index (χ0) is 13.2. The molecule has 0 radical (unpaired) electrons. The molecule has 4 nitrogen and oxygen atoms in total. The van der Waals surface area contributed by atoms with E-state index in [0.717, 1.165) is 11.3 Å². The molecule has 1 unspecified atom stereocenters. The Morgan fingerprint density at radius 2 is 2.21 bits per heavy atom. The second kappa shape index (κ2) is 4.90. The van der Waals surface area contributed by atoms with Crippen molar-refractivity contribution in [1.82, 2.24) is 4.98 Å². The van der Waals surface area contributed by atoms with E-state index in [2.05, 4.69) is 10.3 Å². The maximum absolute atomic E-state index is 12.1. The van der Waals surface area contributed by atoms with Gasteiger partial charge in [-0.05, 0) is 23.8 Å². The van der Waals surface area contributed by atoms with Crippen LogP contribution in [-0.4, -0.2) is 17.0 Å². The summed E-state index contributed by atoms with van der Waals surface area (Å²) in [4.78, 5) is 16.0. The predicted molar refractivity (Wildman–Crippen MR) is 72.4 cm³/mol. The fourth-order valence-corrected chi connectivity index (χ4v) is 2.21. The SMILES string of the molecule is O=C(Nc1ccnc(Cl)c1)C1Cc2ccccc2O1. The Balaban J connectivity index is 1.70. The molecule has 1 amide bonds. The summed E-state index contributed by atoms with van der Waals surface area (Å²) in [6.45, 7) is 0. The summed E-state index contributed by atoms with van der Waals surface area (Å²) in [5, 5.41) is 3.11. The number of nitrogens with one attached hydrogen (secondary N) is 1. The maximum Gasteiger partial charge on any atom is 0.265 e. The van der Waals surface area contributed by atoms with Gasteiger partial charge in [0.25, 0.3) is 5.91 Å². The van der Waals surface area contributed by atoms with Crippen LogP contribution in [0.1, 0.15) is 5.56 Å². The Hall–Kier alpha value is -2.07. The first kappa shape index (κ1) is 12.0. The van der Waals surface area contributed by atoms with Crippen molar-refractivity contribution < 1.29 is 9.53 Å². The van der Waals surface area contributed by atoms with Crippen molar-refractivity contribution >= 4 is 23.2 Å². The average Bonchev–Trinajstić information content (AvgIpc) is 2.82. The molecule has 1 atom stereocenters. The second-order valence-corrected chi connectivity index (χ2v) is 4.66. The molecule has 19 heavy (non-hydrogen) atoms. The van der Waals surface area contributed by atoms with Gasteiger partial charge < -0.3 is 10.1 Å². The van der Waals surface area contributed by atoms with Gasteiger partial charge in [-0.1, -0.05) is 29.8 Å². The Bertz CT molecular complexity index is 605. The van der Waals surface area contributed by atoms with Gasteiger partial charge in [0.15, 0.2) is 6.10 Å². The first-order valence-electron chi connectivity index (χ1n) is 5.89. The van der Waals surface area contributed by atoms with Gasteiger partial charge in [-0.3, -0.25) is 4.79 Å². The smallest absolute Gasteiger partial charge is 0.265 e. The number of pyridine rings is 1. The lowest BCUT2D eigenvalue weighted by molar-refractivity contribution is -0.122. The maximum atomic E-state index is 12.1. The highest BCUT2D eigenvalue weighted by molar-refractivity contribution is 6.29. The number of fused-ring (bicyclic) bond motifs is 1. The van der Waals surface area contributed by atoms with Gasteiger partial charge in [-0.25, -0.2) is 4.98 Å². The standard InChI is InChI=1S/C14H11ClN2O2/c15-13-8-10(5-6-16-13)17-14(18)12-7-9-3-1-2-4-11(9)19-12/h1-6,8,12H,7H2,(H,16,17,18). The normalized spacial score (nSPS) is 16.6. The van der Waals surface area contributed by atoms with E-state index in [4.69, 9.17) is 16.3 Å². The summed E-state index contributed by atoms with van der Waals surface area (Å²) in [5.41, 5.74) is 1.67. The highest BCUT2D eigenvalue weighted by atomic mass is 35.5. The largest absolute Gasteiger partial charge is 0.480 e. The minimum atomic E-state index is -0.496. The number of hydrogen-bond donors (Lipinski definition) is 1. The molecule has 1 aromatic carbocycles. The van der Waals surface area contributed by atoms with Crippen LogP contribution in [0.4, 0.5) is 5.69 Å². The highest BCUT2D eigenvalue weighted by Crippen LogP contribution is 2.28. The topological polar surface area (TPSA) is 51.2 Å². The number of ether oxygens (including phenoxy) is 1. The van der Waals surface area contributed by atoms with Crippen LogP contribution in [-0.2, 0) is 11.2 Å². The molecule has 3 rings (SSSR count). The van der Waals surface area contributed by atoms with Gasteiger partial charge in [0.2, 0.25) is 0 Å². The quantitative estimate of drug-likeness (QED) is 0.857. The van der Waals surface area contributed by atoms with E-state index in [1.165, 1.54) is 0 Å². The summed E-state index contributed by atoms with van der Waals surface area (Å²) in [6, 6.07) is 10.9. The van der Waals surface area contributed by atoms with Crippen molar-refractivity contribution in [2.75, 3.05) is 5.32 Å². The van der Waals surface area contributed by atoms with Gasteiger partial charge in [-0.2, -0.15) is 0 Å². The minimum absolute atomic E-state index is 0.182. The van der Waals surface area contributed by atoms with Crippen LogP contribution in [0.3, 0.4) is 0 Å². The van der Waals surface area contributed by atoms with E-state index in [1.807, 2.05) is 24.3 Å². The lowest BCUT2D eigenvalue weighted by Crippen LogP contribution is -2.31. The monoisotopic (exact) mass is 274 g/mol. The van der Waals surface area contributed by atoms with Crippen LogP contribution in [0.2, 0.25) is 5.15 Å². The number of carbonyl (C=O) groups excluding carboxylic acids is 1. The molecular formula is C14H11ClN2O2. The third-order valence-electron chi connectivity index (χ3n) is 2.93. The Morgan fingerprint density at radius 3 is 3.00 bits per heavy atom. The van der Waals surface area contributed by atoms with Gasteiger partial charge in [-0.15, -0.1) is 0 Å². The van der Waals surface area contributed by atoms with Crippen LogP contribution >= 0.6 is 11.6 Å². The molecule has 5 heteroatoms. The van der Waals surface area contributed by atoms with Crippen LogP contribution < -0.4 is 10.1 Å². The number of halogens is 1. The van der Waals surface area contributed by atoms with Gasteiger partial charge >= 0.3 is 0 Å².